The quantitative estimate of drug-likeness (QED) is 0.737. The van der Waals surface area contributed by atoms with E-state index < -0.39 is 6.04 Å². The second-order valence-corrected chi connectivity index (χ2v) is 6.93. The summed E-state index contributed by atoms with van der Waals surface area (Å²) < 4.78 is 0. The maximum absolute atomic E-state index is 13.2. The molecule has 4 rings (SSSR count). The Morgan fingerprint density at radius 1 is 0.964 bits per heavy atom. The molecule has 4 heteroatoms. The number of hydrogen-bond donors (Lipinski definition) is 1. The minimum absolute atomic E-state index is 0.159. The van der Waals surface area contributed by atoms with E-state index >= 15 is 0 Å². The molecule has 140 valence electrons. The highest BCUT2D eigenvalue weighted by Crippen LogP contribution is 2.34. The lowest BCUT2D eigenvalue weighted by Gasteiger charge is -2.25. The van der Waals surface area contributed by atoms with Crippen LogP contribution in [-0.4, -0.2) is 17.9 Å². The fraction of sp³-hybridized carbons (Fsp3) is 0.167. The van der Waals surface area contributed by atoms with Crippen molar-refractivity contribution in [1.29, 1.82) is 0 Å². The van der Waals surface area contributed by atoms with Gasteiger partial charge >= 0.3 is 0 Å². The lowest BCUT2D eigenvalue weighted by molar-refractivity contribution is -0.117. The molecule has 28 heavy (non-hydrogen) atoms. The molecule has 3 aromatic carbocycles. The van der Waals surface area contributed by atoms with E-state index in [1.54, 1.807) is 17.0 Å². The first kappa shape index (κ1) is 18.0. The Labute approximate surface area is 164 Å². The molecule has 4 nitrogen and oxygen atoms in total. The van der Waals surface area contributed by atoms with E-state index in [4.69, 9.17) is 0 Å². The van der Waals surface area contributed by atoms with E-state index in [0.717, 1.165) is 28.9 Å². The Kier molecular flexibility index (Phi) is 4.94. The number of nitrogens with zero attached hydrogens (tertiary/aromatic N) is 1. The molecule has 0 saturated carbocycles. The molecule has 1 atom stereocenters. The summed E-state index contributed by atoms with van der Waals surface area (Å²) >= 11 is 0. The van der Waals surface area contributed by atoms with Gasteiger partial charge in [0, 0.05) is 23.4 Å². The summed E-state index contributed by atoms with van der Waals surface area (Å²) in [5.41, 5.74) is 4.30. The predicted octanol–water partition coefficient (Wildman–Crippen LogP) is 4.46. The maximum Gasteiger partial charge on any atom is 0.259 e. The summed E-state index contributed by atoms with van der Waals surface area (Å²) in [6.45, 7) is 2.08. The van der Waals surface area contributed by atoms with Crippen molar-refractivity contribution in [3.8, 4) is 0 Å². The monoisotopic (exact) mass is 370 g/mol. The molecular formula is C24H22N2O2. The molecule has 1 aliphatic heterocycles. The number of anilines is 2. The van der Waals surface area contributed by atoms with Crippen molar-refractivity contribution in [1.82, 2.24) is 0 Å². The topological polar surface area (TPSA) is 49.4 Å². The van der Waals surface area contributed by atoms with Gasteiger partial charge in [-0.2, -0.15) is 0 Å². The lowest BCUT2D eigenvalue weighted by Crippen LogP contribution is -2.45. The summed E-state index contributed by atoms with van der Waals surface area (Å²) in [6.07, 6.45) is 1.41. The number of carbonyl (C=O) groups excluding carboxylic acids is 2. The summed E-state index contributed by atoms with van der Waals surface area (Å²) in [5.74, 6) is -0.332. The van der Waals surface area contributed by atoms with Gasteiger partial charge in [-0.3, -0.25) is 14.5 Å². The summed E-state index contributed by atoms with van der Waals surface area (Å²) in [5, 5.41) is 3.00. The van der Waals surface area contributed by atoms with Gasteiger partial charge in [0.15, 0.2) is 0 Å². The molecule has 0 aromatic heterocycles. The number of aryl methyl sites for hydroxylation is 1. The van der Waals surface area contributed by atoms with Gasteiger partial charge in [-0.1, -0.05) is 55.5 Å². The molecular weight excluding hydrogens is 348 g/mol. The van der Waals surface area contributed by atoms with E-state index in [2.05, 4.69) is 12.2 Å². The van der Waals surface area contributed by atoms with E-state index in [1.807, 2.05) is 66.7 Å². The Morgan fingerprint density at radius 2 is 1.71 bits per heavy atom. The van der Waals surface area contributed by atoms with Gasteiger partial charge in [0.1, 0.15) is 6.04 Å². The van der Waals surface area contributed by atoms with Gasteiger partial charge in [0.05, 0.1) is 0 Å². The van der Waals surface area contributed by atoms with E-state index in [0.29, 0.717) is 12.0 Å². The van der Waals surface area contributed by atoms with Crippen molar-refractivity contribution in [2.45, 2.75) is 25.8 Å². The van der Waals surface area contributed by atoms with Gasteiger partial charge in [-0.25, -0.2) is 0 Å². The van der Waals surface area contributed by atoms with Gasteiger partial charge in [-0.05, 0) is 47.9 Å². The molecule has 0 radical (unpaired) electrons. The smallest absolute Gasteiger partial charge is 0.259 e. The van der Waals surface area contributed by atoms with Crippen LogP contribution in [0.2, 0.25) is 0 Å². The first-order chi connectivity index (χ1) is 13.7. The molecule has 1 N–H and O–H groups in total. The molecule has 0 aliphatic carbocycles. The molecule has 0 spiro atoms. The minimum atomic E-state index is -0.574. The Balaban J connectivity index is 1.65. The summed E-state index contributed by atoms with van der Waals surface area (Å²) in [4.78, 5) is 28.0. The average molecular weight is 370 g/mol. The molecule has 1 heterocycles. The van der Waals surface area contributed by atoms with Gasteiger partial charge in [-0.15, -0.1) is 0 Å². The maximum atomic E-state index is 13.2. The third-order valence-electron chi connectivity index (χ3n) is 5.12. The van der Waals surface area contributed by atoms with Crippen molar-refractivity contribution in [3.63, 3.8) is 0 Å². The molecule has 3 aromatic rings. The predicted molar refractivity (Wildman–Crippen MR) is 112 cm³/mol. The van der Waals surface area contributed by atoms with Crippen molar-refractivity contribution in [2.75, 3.05) is 10.2 Å². The SMILES string of the molecule is CCc1cccc(NC(=O)[C@H]2Cc3ccccc3N2C(=O)c2ccccc2)c1. The lowest BCUT2D eigenvalue weighted by atomic mass is 10.1. The number of para-hydroxylation sites is 1. The molecule has 0 saturated heterocycles. The van der Waals surface area contributed by atoms with E-state index in [9.17, 15) is 9.59 Å². The van der Waals surface area contributed by atoms with Gasteiger partial charge < -0.3 is 5.32 Å². The second kappa shape index (κ2) is 7.69. The third kappa shape index (κ3) is 3.41. The van der Waals surface area contributed by atoms with Crippen LogP contribution in [0.15, 0.2) is 78.9 Å². The molecule has 0 fully saturated rings. The number of hydrogen-bond acceptors (Lipinski definition) is 2. The first-order valence-electron chi connectivity index (χ1n) is 9.53. The number of nitrogens with one attached hydrogen (secondary N) is 1. The largest absolute Gasteiger partial charge is 0.324 e. The van der Waals surface area contributed by atoms with E-state index in [-0.39, 0.29) is 11.8 Å². The average Bonchev–Trinajstić information content (AvgIpc) is 3.14. The zero-order chi connectivity index (χ0) is 19.5. The van der Waals surface area contributed by atoms with Crippen LogP contribution in [0.25, 0.3) is 0 Å². The Hall–Kier alpha value is -3.40. The summed E-state index contributed by atoms with van der Waals surface area (Å²) in [6, 6.07) is 24.1. The Bertz CT molecular complexity index is 1010. The zero-order valence-electron chi connectivity index (χ0n) is 15.8. The number of fused-ring (bicyclic) bond motifs is 1. The van der Waals surface area contributed by atoms with Crippen LogP contribution in [0.5, 0.6) is 0 Å². The Morgan fingerprint density at radius 3 is 2.50 bits per heavy atom. The van der Waals surface area contributed by atoms with Crippen molar-refractivity contribution in [2.24, 2.45) is 0 Å². The van der Waals surface area contributed by atoms with Crippen molar-refractivity contribution >= 4 is 23.2 Å². The fourth-order valence-electron chi connectivity index (χ4n) is 3.66. The van der Waals surface area contributed by atoms with Crippen molar-refractivity contribution in [3.05, 3.63) is 95.6 Å². The summed E-state index contributed by atoms with van der Waals surface area (Å²) in [7, 11) is 0. The number of amides is 2. The fourth-order valence-corrected chi connectivity index (χ4v) is 3.66. The van der Waals surface area contributed by atoms with Crippen LogP contribution in [0.1, 0.15) is 28.4 Å². The normalized spacial score (nSPS) is 15.2. The molecule has 1 aliphatic rings. The second-order valence-electron chi connectivity index (χ2n) is 6.93. The highest BCUT2D eigenvalue weighted by molar-refractivity contribution is 6.13. The molecule has 2 amide bonds. The van der Waals surface area contributed by atoms with Crippen LogP contribution in [-0.2, 0) is 17.6 Å². The van der Waals surface area contributed by atoms with Crippen LogP contribution < -0.4 is 10.2 Å². The van der Waals surface area contributed by atoms with E-state index in [1.165, 1.54) is 0 Å². The van der Waals surface area contributed by atoms with Crippen LogP contribution in [0.3, 0.4) is 0 Å². The highest BCUT2D eigenvalue weighted by atomic mass is 16.2. The molecule has 0 bridgehead atoms. The molecule has 0 unspecified atom stereocenters. The minimum Gasteiger partial charge on any atom is -0.324 e. The number of rotatable bonds is 4. The van der Waals surface area contributed by atoms with Crippen molar-refractivity contribution < 1.29 is 9.59 Å². The van der Waals surface area contributed by atoms with Crippen LogP contribution in [0.4, 0.5) is 11.4 Å². The van der Waals surface area contributed by atoms with Crippen LogP contribution >= 0.6 is 0 Å². The standard InChI is InChI=1S/C24H22N2O2/c1-2-17-9-8-13-20(15-17)25-23(27)22-16-19-12-6-7-14-21(19)26(22)24(28)18-10-4-3-5-11-18/h3-15,22H,2,16H2,1H3,(H,25,27)/t22-/m1/s1. The number of carbonyl (C=O) groups is 2. The zero-order valence-corrected chi connectivity index (χ0v) is 15.8. The van der Waals surface area contributed by atoms with Crippen LogP contribution in [0, 0.1) is 0 Å². The number of benzene rings is 3. The highest BCUT2D eigenvalue weighted by Gasteiger charge is 2.38. The van der Waals surface area contributed by atoms with Gasteiger partial charge in [0.25, 0.3) is 5.91 Å². The first-order valence-corrected chi connectivity index (χ1v) is 9.53. The van der Waals surface area contributed by atoms with Gasteiger partial charge in [0.2, 0.25) is 5.91 Å². The third-order valence-corrected chi connectivity index (χ3v) is 5.12.